The SMILES string of the molecule is CNCC(O)COc1cccc(-c2nc(-c3c(C)noc3C)c(C)c(N3CCOCC3)n2)c1.CSN(C)C. The summed E-state index contributed by atoms with van der Waals surface area (Å²) in [4.78, 5) is 12.1. The van der Waals surface area contributed by atoms with E-state index in [4.69, 9.17) is 24.0 Å². The number of anilines is 1. The van der Waals surface area contributed by atoms with Crippen LogP contribution >= 0.6 is 11.9 Å². The van der Waals surface area contributed by atoms with Crippen molar-refractivity contribution in [2.45, 2.75) is 26.9 Å². The zero-order valence-electron chi connectivity index (χ0n) is 23.4. The molecule has 1 fully saturated rings. The Morgan fingerprint density at radius 3 is 2.50 bits per heavy atom. The Kier molecular flexibility index (Phi) is 11.4. The smallest absolute Gasteiger partial charge is 0.162 e. The van der Waals surface area contributed by atoms with Gasteiger partial charge in [-0.1, -0.05) is 29.2 Å². The number of aliphatic hydroxyl groups excluding tert-OH is 1. The third-order valence-corrected chi connectivity index (χ3v) is 6.77. The van der Waals surface area contributed by atoms with E-state index in [0.717, 1.165) is 52.7 Å². The standard InChI is InChI=1S/C24H31N5O4.C3H9NS/c1-15-22(21-16(2)28-33-17(21)3)26-23(27-24(15)29-8-10-31-11-9-29)18-6-5-7-20(12-18)32-14-19(30)13-25-4;1-4(2)5-3/h5-7,12,19,25,30H,8-11,13-14H2,1-4H3;1-3H3. The quantitative estimate of drug-likeness (QED) is 0.387. The summed E-state index contributed by atoms with van der Waals surface area (Å²) in [5.41, 5.74) is 4.32. The molecule has 0 radical (unpaired) electrons. The maximum atomic E-state index is 9.96. The number of ether oxygens (including phenoxy) is 2. The Morgan fingerprint density at radius 1 is 1.18 bits per heavy atom. The largest absolute Gasteiger partial charge is 0.491 e. The summed E-state index contributed by atoms with van der Waals surface area (Å²) < 4.78 is 18.8. The second-order valence-corrected chi connectivity index (χ2v) is 10.3. The first-order valence-corrected chi connectivity index (χ1v) is 13.8. The van der Waals surface area contributed by atoms with Crippen molar-refractivity contribution in [1.82, 2.24) is 24.7 Å². The van der Waals surface area contributed by atoms with Gasteiger partial charge in [-0.05, 0) is 60.3 Å². The van der Waals surface area contributed by atoms with E-state index in [1.165, 1.54) is 0 Å². The number of aryl methyl sites for hydroxylation is 2. The molecule has 1 atom stereocenters. The van der Waals surface area contributed by atoms with Crippen molar-refractivity contribution < 1.29 is 19.1 Å². The highest BCUT2D eigenvalue weighted by atomic mass is 32.2. The summed E-state index contributed by atoms with van der Waals surface area (Å²) >= 11 is 1.71. The molecular formula is C27H40N6O4S. The van der Waals surface area contributed by atoms with Crippen molar-refractivity contribution in [1.29, 1.82) is 0 Å². The minimum absolute atomic E-state index is 0.197. The van der Waals surface area contributed by atoms with Crippen molar-refractivity contribution in [3.8, 4) is 28.4 Å². The van der Waals surface area contributed by atoms with Crippen molar-refractivity contribution >= 4 is 17.8 Å². The van der Waals surface area contributed by atoms with Gasteiger partial charge in [0.2, 0.25) is 0 Å². The van der Waals surface area contributed by atoms with Crippen LogP contribution in [-0.2, 0) is 4.74 Å². The minimum Gasteiger partial charge on any atom is -0.491 e. The Balaban J connectivity index is 0.000000732. The lowest BCUT2D eigenvalue weighted by molar-refractivity contribution is 0.108. The highest BCUT2D eigenvalue weighted by molar-refractivity contribution is 7.96. The molecule has 208 valence electrons. The third kappa shape index (κ3) is 7.90. The molecule has 0 bridgehead atoms. The van der Waals surface area contributed by atoms with E-state index < -0.39 is 6.10 Å². The highest BCUT2D eigenvalue weighted by Gasteiger charge is 2.24. The van der Waals surface area contributed by atoms with Crippen LogP contribution in [0.3, 0.4) is 0 Å². The van der Waals surface area contributed by atoms with E-state index >= 15 is 0 Å². The molecule has 3 heterocycles. The molecule has 1 saturated heterocycles. The molecule has 1 aromatic carbocycles. The lowest BCUT2D eigenvalue weighted by Crippen LogP contribution is -2.37. The molecule has 1 unspecified atom stereocenters. The molecule has 0 aliphatic carbocycles. The van der Waals surface area contributed by atoms with Gasteiger partial charge in [-0.15, -0.1) is 0 Å². The van der Waals surface area contributed by atoms with E-state index in [1.807, 2.05) is 69.7 Å². The second kappa shape index (κ2) is 14.5. The molecule has 0 saturated carbocycles. The maximum absolute atomic E-state index is 9.96. The van der Waals surface area contributed by atoms with Crippen molar-refractivity contribution in [2.75, 3.05) is 71.8 Å². The first-order valence-electron chi connectivity index (χ1n) is 12.7. The molecule has 38 heavy (non-hydrogen) atoms. The van der Waals surface area contributed by atoms with Gasteiger partial charge in [0.15, 0.2) is 5.82 Å². The Labute approximate surface area is 229 Å². The summed E-state index contributed by atoms with van der Waals surface area (Å²) in [6.07, 6.45) is 1.45. The molecule has 0 amide bonds. The van der Waals surface area contributed by atoms with E-state index in [0.29, 0.717) is 31.3 Å². The van der Waals surface area contributed by atoms with E-state index in [-0.39, 0.29) is 6.61 Å². The zero-order chi connectivity index (χ0) is 27.7. The van der Waals surface area contributed by atoms with Gasteiger partial charge in [0.1, 0.15) is 30.0 Å². The Hall–Kier alpha value is -2.70. The molecule has 0 spiro atoms. The van der Waals surface area contributed by atoms with Crippen LogP contribution < -0.4 is 15.0 Å². The van der Waals surface area contributed by atoms with Gasteiger partial charge in [0.05, 0.1) is 30.2 Å². The lowest BCUT2D eigenvalue weighted by atomic mass is 10.0. The highest BCUT2D eigenvalue weighted by Crippen LogP contribution is 2.35. The van der Waals surface area contributed by atoms with Crippen LogP contribution in [0.2, 0.25) is 0 Å². The number of benzene rings is 1. The predicted octanol–water partition coefficient (Wildman–Crippen LogP) is 3.35. The van der Waals surface area contributed by atoms with Crippen molar-refractivity contribution in [3.63, 3.8) is 0 Å². The predicted molar refractivity (Wildman–Crippen MR) is 153 cm³/mol. The maximum Gasteiger partial charge on any atom is 0.162 e. The second-order valence-electron chi connectivity index (χ2n) is 9.19. The van der Waals surface area contributed by atoms with Crippen LogP contribution in [0, 0.1) is 20.8 Å². The number of hydrogen-bond acceptors (Lipinski definition) is 11. The summed E-state index contributed by atoms with van der Waals surface area (Å²) in [5, 5.41) is 17.0. The fourth-order valence-corrected chi connectivity index (χ4v) is 3.99. The first kappa shape index (κ1) is 29.9. The summed E-state index contributed by atoms with van der Waals surface area (Å²) in [7, 11) is 5.83. The zero-order valence-corrected chi connectivity index (χ0v) is 24.3. The Morgan fingerprint density at radius 2 is 1.89 bits per heavy atom. The van der Waals surface area contributed by atoms with Crippen LogP contribution in [-0.4, -0.2) is 97.5 Å². The molecule has 11 heteroatoms. The van der Waals surface area contributed by atoms with Gasteiger partial charge in [0.25, 0.3) is 0 Å². The van der Waals surface area contributed by atoms with Gasteiger partial charge in [-0.25, -0.2) is 9.97 Å². The monoisotopic (exact) mass is 544 g/mol. The van der Waals surface area contributed by atoms with Gasteiger partial charge < -0.3 is 29.3 Å². The summed E-state index contributed by atoms with van der Waals surface area (Å²) in [6.45, 7) is 9.39. The normalized spacial score (nSPS) is 14.3. The number of likely N-dealkylation sites (N-methyl/N-ethyl adjacent to an activating group) is 1. The molecular weight excluding hydrogens is 504 g/mol. The topological polar surface area (TPSA) is 109 Å². The van der Waals surface area contributed by atoms with Crippen molar-refractivity contribution in [3.05, 3.63) is 41.3 Å². The van der Waals surface area contributed by atoms with Gasteiger partial charge >= 0.3 is 0 Å². The molecule has 4 rings (SSSR count). The number of hydrogen-bond donors (Lipinski definition) is 2. The third-order valence-electron chi connectivity index (χ3n) is 6.04. The first-order chi connectivity index (χ1) is 18.2. The fraction of sp³-hybridized carbons (Fsp3) is 0.519. The number of nitrogens with zero attached hydrogens (tertiary/aromatic N) is 5. The van der Waals surface area contributed by atoms with Crippen LogP contribution in [0.25, 0.3) is 22.6 Å². The van der Waals surface area contributed by atoms with Crippen molar-refractivity contribution in [2.24, 2.45) is 0 Å². The van der Waals surface area contributed by atoms with Gasteiger partial charge in [-0.3, -0.25) is 4.31 Å². The van der Waals surface area contributed by atoms with Crippen LogP contribution in [0.5, 0.6) is 5.75 Å². The van der Waals surface area contributed by atoms with Crippen LogP contribution in [0.15, 0.2) is 28.8 Å². The van der Waals surface area contributed by atoms with E-state index in [9.17, 15) is 5.11 Å². The number of nitrogens with one attached hydrogen (secondary N) is 1. The van der Waals surface area contributed by atoms with Crippen LogP contribution in [0.4, 0.5) is 5.82 Å². The molecule has 10 nitrogen and oxygen atoms in total. The molecule has 2 aromatic heterocycles. The van der Waals surface area contributed by atoms with Gasteiger partial charge in [-0.2, -0.15) is 0 Å². The average molecular weight is 545 g/mol. The summed E-state index contributed by atoms with van der Waals surface area (Å²) in [5.74, 6) is 2.86. The fourth-order valence-electron chi connectivity index (χ4n) is 3.99. The lowest BCUT2D eigenvalue weighted by Gasteiger charge is -2.30. The number of aliphatic hydroxyl groups is 1. The molecule has 1 aliphatic rings. The molecule has 2 N–H and O–H groups in total. The number of aromatic nitrogens is 3. The van der Waals surface area contributed by atoms with Crippen LogP contribution in [0.1, 0.15) is 17.0 Å². The number of morpholine rings is 1. The van der Waals surface area contributed by atoms with E-state index in [2.05, 4.69) is 15.4 Å². The average Bonchev–Trinajstić information content (AvgIpc) is 3.26. The molecule has 3 aromatic rings. The Bertz CT molecular complexity index is 1150. The minimum atomic E-state index is -0.589. The van der Waals surface area contributed by atoms with E-state index in [1.54, 1.807) is 19.0 Å². The summed E-state index contributed by atoms with van der Waals surface area (Å²) in [6, 6.07) is 7.63. The number of rotatable bonds is 9. The molecule has 1 aliphatic heterocycles. The van der Waals surface area contributed by atoms with Gasteiger partial charge in [0, 0.05) is 30.8 Å².